The molecule has 14 heavy (non-hydrogen) atoms. The Morgan fingerprint density at radius 2 is 1.86 bits per heavy atom. The SMILES string of the molecule is COc1cc(CCN)c(Br)c(Br)c1Br. The maximum Gasteiger partial charge on any atom is 0.134 e. The van der Waals surface area contributed by atoms with Crippen LogP contribution < -0.4 is 10.5 Å². The fraction of sp³-hybridized carbons (Fsp3) is 0.333. The van der Waals surface area contributed by atoms with Gasteiger partial charge in [0.1, 0.15) is 5.75 Å². The van der Waals surface area contributed by atoms with Crippen LogP contribution in [0, 0.1) is 0 Å². The molecule has 0 atom stereocenters. The second kappa shape index (κ2) is 5.49. The monoisotopic (exact) mass is 385 g/mol. The molecule has 0 radical (unpaired) electrons. The zero-order valence-electron chi connectivity index (χ0n) is 7.61. The zero-order valence-corrected chi connectivity index (χ0v) is 12.4. The zero-order chi connectivity index (χ0) is 10.7. The number of hydrogen-bond donors (Lipinski definition) is 1. The number of nitrogens with two attached hydrogens (primary N) is 1. The third-order valence-electron chi connectivity index (χ3n) is 1.82. The third kappa shape index (κ3) is 2.51. The predicted molar refractivity (Wildman–Crippen MR) is 68.9 cm³/mol. The van der Waals surface area contributed by atoms with Crippen LogP contribution in [0.4, 0.5) is 0 Å². The van der Waals surface area contributed by atoms with E-state index in [2.05, 4.69) is 47.8 Å². The van der Waals surface area contributed by atoms with Crippen molar-refractivity contribution in [3.8, 4) is 5.75 Å². The van der Waals surface area contributed by atoms with E-state index in [0.717, 1.165) is 31.2 Å². The summed E-state index contributed by atoms with van der Waals surface area (Å²) < 4.78 is 8.12. The average molecular weight is 388 g/mol. The van der Waals surface area contributed by atoms with Gasteiger partial charge in [-0.3, -0.25) is 0 Å². The van der Waals surface area contributed by atoms with Crippen molar-refractivity contribution in [3.63, 3.8) is 0 Å². The summed E-state index contributed by atoms with van der Waals surface area (Å²) in [7, 11) is 1.65. The molecule has 0 aliphatic rings. The molecular weight excluding hydrogens is 378 g/mol. The van der Waals surface area contributed by atoms with Gasteiger partial charge in [0.15, 0.2) is 0 Å². The average Bonchev–Trinajstić information content (AvgIpc) is 2.19. The van der Waals surface area contributed by atoms with Gasteiger partial charge < -0.3 is 10.5 Å². The highest BCUT2D eigenvalue weighted by Gasteiger charge is 2.12. The molecule has 0 saturated carbocycles. The van der Waals surface area contributed by atoms with E-state index in [1.165, 1.54) is 0 Å². The molecule has 0 heterocycles. The second-order valence-corrected chi connectivity index (χ2v) is 5.10. The summed E-state index contributed by atoms with van der Waals surface area (Å²) in [5, 5.41) is 0. The van der Waals surface area contributed by atoms with Crippen molar-refractivity contribution >= 4 is 47.8 Å². The van der Waals surface area contributed by atoms with Crippen LogP contribution in [0.2, 0.25) is 0 Å². The third-order valence-corrected chi connectivity index (χ3v) is 5.37. The summed E-state index contributed by atoms with van der Waals surface area (Å²) in [4.78, 5) is 0. The fourth-order valence-electron chi connectivity index (χ4n) is 1.12. The molecule has 0 fully saturated rings. The van der Waals surface area contributed by atoms with Crippen LogP contribution in [0.5, 0.6) is 5.75 Å². The minimum absolute atomic E-state index is 0.621. The predicted octanol–water partition coefficient (Wildman–Crippen LogP) is 3.48. The molecule has 0 aliphatic carbocycles. The summed E-state index contributed by atoms with van der Waals surface area (Å²) in [5.74, 6) is 0.809. The van der Waals surface area contributed by atoms with E-state index in [0.29, 0.717) is 6.54 Å². The minimum Gasteiger partial charge on any atom is -0.496 e. The Morgan fingerprint density at radius 3 is 2.36 bits per heavy atom. The van der Waals surface area contributed by atoms with Gasteiger partial charge >= 0.3 is 0 Å². The van der Waals surface area contributed by atoms with Crippen molar-refractivity contribution in [1.29, 1.82) is 0 Å². The molecule has 78 valence electrons. The van der Waals surface area contributed by atoms with Crippen LogP contribution in [0.1, 0.15) is 5.56 Å². The Morgan fingerprint density at radius 1 is 1.21 bits per heavy atom. The number of rotatable bonds is 3. The maximum absolute atomic E-state index is 5.52. The summed E-state index contributed by atoms with van der Waals surface area (Å²) in [5.41, 5.74) is 6.66. The van der Waals surface area contributed by atoms with E-state index in [9.17, 15) is 0 Å². The lowest BCUT2D eigenvalue weighted by molar-refractivity contribution is 0.411. The molecule has 0 unspecified atom stereocenters. The molecule has 0 aromatic heterocycles. The van der Waals surface area contributed by atoms with Crippen molar-refractivity contribution < 1.29 is 4.74 Å². The first-order valence-electron chi connectivity index (χ1n) is 4.02. The van der Waals surface area contributed by atoms with Crippen LogP contribution in [0.3, 0.4) is 0 Å². The number of halogens is 3. The summed E-state index contributed by atoms with van der Waals surface area (Å²) in [6.07, 6.45) is 0.822. The quantitative estimate of drug-likeness (QED) is 0.806. The molecule has 1 aromatic rings. The topological polar surface area (TPSA) is 35.2 Å². The smallest absolute Gasteiger partial charge is 0.134 e. The van der Waals surface area contributed by atoms with E-state index in [1.54, 1.807) is 7.11 Å². The van der Waals surface area contributed by atoms with Gasteiger partial charge in [0.25, 0.3) is 0 Å². The Hall–Kier alpha value is 0.420. The van der Waals surface area contributed by atoms with Crippen molar-refractivity contribution in [1.82, 2.24) is 0 Å². The molecule has 1 rings (SSSR count). The van der Waals surface area contributed by atoms with Gasteiger partial charge in [-0.1, -0.05) is 0 Å². The first kappa shape index (κ1) is 12.5. The number of methoxy groups -OCH3 is 1. The standard InChI is InChI=1S/C9H10Br3NO/c1-14-6-4-5(2-3-13)7(10)9(12)8(6)11/h4H,2-3,13H2,1H3. The van der Waals surface area contributed by atoms with Crippen LogP contribution in [-0.2, 0) is 6.42 Å². The Kier molecular flexibility index (Phi) is 4.90. The summed E-state index contributed by atoms with van der Waals surface area (Å²) in [6, 6.07) is 1.98. The highest BCUT2D eigenvalue weighted by molar-refractivity contribution is 9.14. The van der Waals surface area contributed by atoms with Crippen molar-refractivity contribution in [3.05, 3.63) is 25.0 Å². The molecule has 0 aliphatic heterocycles. The normalized spacial score (nSPS) is 10.4. The lowest BCUT2D eigenvalue weighted by Crippen LogP contribution is -2.04. The van der Waals surface area contributed by atoms with Gasteiger partial charge in [0.2, 0.25) is 0 Å². The lowest BCUT2D eigenvalue weighted by atomic mass is 10.1. The Balaban J connectivity index is 3.25. The number of hydrogen-bond acceptors (Lipinski definition) is 2. The highest BCUT2D eigenvalue weighted by atomic mass is 79.9. The van der Waals surface area contributed by atoms with Gasteiger partial charge in [-0.15, -0.1) is 0 Å². The minimum atomic E-state index is 0.621. The van der Waals surface area contributed by atoms with Gasteiger partial charge in [0, 0.05) is 8.95 Å². The highest BCUT2D eigenvalue weighted by Crippen LogP contribution is 2.40. The number of ether oxygens (including phenoxy) is 1. The molecule has 0 saturated heterocycles. The van der Waals surface area contributed by atoms with Gasteiger partial charge in [-0.25, -0.2) is 0 Å². The van der Waals surface area contributed by atoms with Crippen LogP contribution in [0.25, 0.3) is 0 Å². The van der Waals surface area contributed by atoms with Gasteiger partial charge in [-0.2, -0.15) is 0 Å². The largest absolute Gasteiger partial charge is 0.496 e. The van der Waals surface area contributed by atoms with E-state index in [4.69, 9.17) is 10.5 Å². The maximum atomic E-state index is 5.52. The van der Waals surface area contributed by atoms with E-state index < -0.39 is 0 Å². The lowest BCUT2D eigenvalue weighted by Gasteiger charge is -2.11. The van der Waals surface area contributed by atoms with Gasteiger partial charge in [-0.05, 0) is 72.4 Å². The van der Waals surface area contributed by atoms with Crippen molar-refractivity contribution in [2.24, 2.45) is 5.73 Å². The summed E-state index contributed by atoms with van der Waals surface area (Å²) >= 11 is 10.4. The molecule has 2 nitrogen and oxygen atoms in total. The molecular formula is C9H10Br3NO. The first-order valence-corrected chi connectivity index (χ1v) is 6.40. The van der Waals surface area contributed by atoms with Crippen LogP contribution in [-0.4, -0.2) is 13.7 Å². The van der Waals surface area contributed by atoms with Crippen molar-refractivity contribution in [2.45, 2.75) is 6.42 Å². The first-order chi connectivity index (χ1) is 6.61. The van der Waals surface area contributed by atoms with Gasteiger partial charge in [0.05, 0.1) is 11.6 Å². The van der Waals surface area contributed by atoms with E-state index in [-0.39, 0.29) is 0 Å². The molecule has 0 amide bonds. The number of benzene rings is 1. The Labute approximate surface area is 109 Å². The second-order valence-electron chi connectivity index (χ2n) is 2.72. The molecule has 1 aromatic carbocycles. The molecule has 0 bridgehead atoms. The van der Waals surface area contributed by atoms with E-state index in [1.807, 2.05) is 6.07 Å². The van der Waals surface area contributed by atoms with E-state index >= 15 is 0 Å². The van der Waals surface area contributed by atoms with Crippen molar-refractivity contribution in [2.75, 3.05) is 13.7 Å². The fourth-order valence-corrected chi connectivity index (χ4v) is 2.82. The van der Waals surface area contributed by atoms with Crippen LogP contribution >= 0.6 is 47.8 Å². The van der Waals surface area contributed by atoms with Crippen LogP contribution in [0.15, 0.2) is 19.5 Å². The summed E-state index contributed by atoms with van der Waals surface area (Å²) in [6.45, 7) is 0.621. The molecule has 5 heteroatoms. The molecule has 0 spiro atoms. The molecule has 2 N–H and O–H groups in total. The Bertz CT molecular complexity index is 341.